The predicted molar refractivity (Wildman–Crippen MR) is 91.5 cm³/mol. The number of rotatable bonds is 5. The van der Waals surface area contributed by atoms with Crippen LogP contribution in [0.3, 0.4) is 0 Å². The maximum atomic E-state index is 10.9. The van der Waals surface area contributed by atoms with Gasteiger partial charge in [-0.1, -0.05) is 29.4 Å². The van der Waals surface area contributed by atoms with Gasteiger partial charge in [-0.15, -0.1) is 0 Å². The van der Waals surface area contributed by atoms with Crippen LogP contribution in [-0.4, -0.2) is 25.6 Å². The molecule has 0 unspecified atom stereocenters. The van der Waals surface area contributed by atoms with Crippen LogP contribution in [-0.2, 0) is 17.8 Å². The molecule has 2 aromatic carbocycles. The SMILES string of the molecule is NC(=O)Cc1ccc(-c2nc(Cn3cnc4ccccc43)no2)cc1. The molecular formula is C18H15N5O2. The van der Waals surface area contributed by atoms with Crippen LogP contribution < -0.4 is 5.73 Å². The van der Waals surface area contributed by atoms with Crippen LogP contribution in [0.25, 0.3) is 22.5 Å². The van der Waals surface area contributed by atoms with Crippen molar-refractivity contribution < 1.29 is 9.32 Å². The fourth-order valence-electron chi connectivity index (χ4n) is 2.69. The van der Waals surface area contributed by atoms with Crippen molar-refractivity contribution in [1.82, 2.24) is 19.7 Å². The van der Waals surface area contributed by atoms with Crippen LogP contribution in [0, 0.1) is 0 Å². The van der Waals surface area contributed by atoms with E-state index >= 15 is 0 Å². The lowest BCUT2D eigenvalue weighted by Gasteiger charge is -1.99. The van der Waals surface area contributed by atoms with E-state index < -0.39 is 0 Å². The molecule has 124 valence electrons. The van der Waals surface area contributed by atoms with Crippen molar-refractivity contribution in [2.75, 3.05) is 0 Å². The minimum atomic E-state index is -0.361. The molecule has 0 aliphatic carbocycles. The number of nitrogens with zero attached hydrogens (tertiary/aromatic N) is 4. The Labute approximate surface area is 143 Å². The lowest BCUT2D eigenvalue weighted by molar-refractivity contribution is -0.117. The van der Waals surface area contributed by atoms with E-state index in [1.54, 1.807) is 6.33 Å². The highest BCUT2D eigenvalue weighted by atomic mass is 16.5. The number of primary amides is 1. The number of imidazole rings is 1. The molecule has 0 saturated carbocycles. The number of carbonyl (C=O) groups is 1. The lowest BCUT2D eigenvalue weighted by Crippen LogP contribution is -2.13. The Bertz CT molecular complexity index is 1030. The van der Waals surface area contributed by atoms with E-state index in [1.165, 1.54) is 0 Å². The van der Waals surface area contributed by atoms with Crippen LogP contribution in [0.1, 0.15) is 11.4 Å². The molecule has 25 heavy (non-hydrogen) atoms. The van der Waals surface area contributed by atoms with Crippen LogP contribution in [0.15, 0.2) is 59.4 Å². The minimum absolute atomic E-state index is 0.211. The summed E-state index contributed by atoms with van der Waals surface area (Å²) in [5, 5.41) is 4.04. The molecular weight excluding hydrogens is 318 g/mol. The Morgan fingerprint density at radius 3 is 2.72 bits per heavy atom. The molecule has 0 aliphatic rings. The van der Waals surface area contributed by atoms with Gasteiger partial charge < -0.3 is 14.8 Å². The molecule has 4 rings (SSSR count). The summed E-state index contributed by atoms with van der Waals surface area (Å²) in [7, 11) is 0. The summed E-state index contributed by atoms with van der Waals surface area (Å²) in [5.41, 5.74) is 8.78. The third-order valence-electron chi connectivity index (χ3n) is 3.89. The van der Waals surface area contributed by atoms with E-state index in [0.717, 1.165) is 22.2 Å². The Hall–Kier alpha value is -3.48. The third-order valence-corrected chi connectivity index (χ3v) is 3.89. The second-order valence-electron chi connectivity index (χ2n) is 5.72. The zero-order valence-corrected chi connectivity index (χ0v) is 13.3. The smallest absolute Gasteiger partial charge is 0.257 e. The van der Waals surface area contributed by atoms with Crippen LogP contribution in [0.5, 0.6) is 0 Å². The molecule has 0 radical (unpaired) electrons. The van der Waals surface area contributed by atoms with Crippen molar-refractivity contribution in [3.05, 3.63) is 66.2 Å². The number of carbonyl (C=O) groups excluding carboxylic acids is 1. The number of nitrogens with two attached hydrogens (primary N) is 1. The number of benzene rings is 2. The van der Waals surface area contributed by atoms with Crippen molar-refractivity contribution in [3.8, 4) is 11.5 Å². The van der Waals surface area contributed by atoms with Gasteiger partial charge in [-0.05, 0) is 29.8 Å². The van der Waals surface area contributed by atoms with Gasteiger partial charge in [0.05, 0.1) is 30.3 Å². The molecule has 0 saturated heterocycles. The largest absolute Gasteiger partial charge is 0.369 e. The molecule has 2 N–H and O–H groups in total. The second kappa shape index (κ2) is 6.20. The second-order valence-corrected chi connectivity index (χ2v) is 5.72. The number of para-hydroxylation sites is 2. The topological polar surface area (TPSA) is 99.8 Å². The Balaban J connectivity index is 1.55. The summed E-state index contributed by atoms with van der Waals surface area (Å²) in [5.74, 6) is 0.643. The summed E-state index contributed by atoms with van der Waals surface area (Å²) in [6, 6.07) is 15.2. The van der Waals surface area contributed by atoms with Gasteiger partial charge in [0.1, 0.15) is 0 Å². The number of hydrogen-bond donors (Lipinski definition) is 1. The molecule has 0 aliphatic heterocycles. The summed E-state index contributed by atoms with van der Waals surface area (Å²) >= 11 is 0. The fraction of sp³-hybridized carbons (Fsp3) is 0.111. The molecule has 0 bridgehead atoms. The average molecular weight is 333 g/mol. The number of amides is 1. The summed E-state index contributed by atoms with van der Waals surface area (Å²) < 4.78 is 7.32. The first kappa shape index (κ1) is 15.1. The van der Waals surface area contributed by atoms with Gasteiger partial charge in [0, 0.05) is 5.56 Å². The number of fused-ring (bicyclic) bond motifs is 1. The van der Waals surface area contributed by atoms with Crippen molar-refractivity contribution in [2.45, 2.75) is 13.0 Å². The van der Waals surface area contributed by atoms with Gasteiger partial charge in [-0.2, -0.15) is 4.98 Å². The molecule has 0 fully saturated rings. The molecule has 4 aromatic rings. The van der Waals surface area contributed by atoms with E-state index in [4.69, 9.17) is 10.3 Å². The highest BCUT2D eigenvalue weighted by molar-refractivity contribution is 5.77. The quantitative estimate of drug-likeness (QED) is 0.603. The summed E-state index contributed by atoms with van der Waals surface area (Å²) in [4.78, 5) is 19.7. The number of aromatic nitrogens is 4. The molecule has 0 atom stereocenters. The zero-order valence-electron chi connectivity index (χ0n) is 13.3. The monoisotopic (exact) mass is 333 g/mol. The lowest BCUT2D eigenvalue weighted by atomic mass is 10.1. The summed E-state index contributed by atoms with van der Waals surface area (Å²) in [6.07, 6.45) is 1.97. The van der Waals surface area contributed by atoms with E-state index in [2.05, 4.69) is 15.1 Å². The molecule has 2 aromatic heterocycles. The third kappa shape index (κ3) is 3.12. The highest BCUT2D eigenvalue weighted by Gasteiger charge is 2.11. The molecule has 1 amide bonds. The van der Waals surface area contributed by atoms with Gasteiger partial charge in [0.2, 0.25) is 5.91 Å². The van der Waals surface area contributed by atoms with Crippen LogP contribution >= 0.6 is 0 Å². The summed E-state index contributed by atoms with van der Waals surface area (Å²) in [6.45, 7) is 0.476. The highest BCUT2D eigenvalue weighted by Crippen LogP contribution is 2.19. The fourth-order valence-corrected chi connectivity index (χ4v) is 2.69. The Kier molecular flexibility index (Phi) is 3.74. The molecule has 7 nitrogen and oxygen atoms in total. The van der Waals surface area contributed by atoms with Crippen molar-refractivity contribution in [3.63, 3.8) is 0 Å². The first-order valence-corrected chi connectivity index (χ1v) is 7.79. The zero-order chi connectivity index (χ0) is 17.2. The maximum Gasteiger partial charge on any atom is 0.257 e. The van der Waals surface area contributed by atoms with E-state index in [1.807, 2.05) is 53.1 Å². The van der Waals surface area contributed by atoms with Gasteiger partial charge >= 0.3 is 0 Å². The van der Waals surface area contributed by atoms with Gasteiger partial charge in [-0.3, -0.25) is 4.79 Å². The van der Waals surface area contributed by atoms with E-state index in [-0.39, 0.29) is 12.3 Å². The number of hydrogen-bond acceptors (Lipinski definition) is 5. The normalized spacial score (nSPS) is 11.0. The first-order chi connectivity index (χ1) is 12.2. The Morgan fingerprint density at radius 2 is 1.92 bits per heavy atom. The first-order valence-electron chi connectivity index (χ1n) is 7.79. The Morgan fingerprint density at radius 1 is 1.12 bits per heavy atom. The minimum Gasteiger partial charge on any atom is -0.369 e. The van der Waals surface area contributed by atoms with Crippen LogP contribution in [0.2, 0.25) is 0 Å². The van der Waals surface area contributed by atoms with Crippen molar-refractivity contribution in [1.29, 1.82) is 0 Å². The molecule has 7 heteroatoms. The van der Waals surface area contributed by atoms with E-state index in [9.17, 15) is 4.79 Å². The van der Waals surface area contributed by atoms with Gasteiger partial charge in [0.15, 0.2) is 5.82 Å². The molecule has 2 heterocycles. The van der Waals surface area contributed by atoms with Crippen molar-refractivity contribution >= 4 is 16.9 Å². The average Bonchev–Trinajstić information content (AvgIpc) is 3.23. The van der Waals surface area contributed by atoms with Crippen LogP contribution in [0.4, 0.5) is 0 Å². The standard InChI is InChI=1S/C18H15N5O2/c19-16(24)9-12-5-7-13(8-6-12)18-21-17(22-25-18)10-23-11-20-14-3-1-2-4-15(14)23/h1-8,11H,9-10H2,(H2,19,24). The van der Waals surface area contributed by atoms with E-state index in [0.29, 0.717) is 18.3 Å². The van der Waals surface area contributed by atoms with Crippen molar-refractivity contribution in [2.24, 2.45) is 5.73 Å². The molecule has 0 spiro atoms. The predicted octanol–water partition coefficient (Wildman–Crippen LogP) is 2.16. The van der Waals surface area contributed by atoms with Gasteiger partial charge in [-0.25, -0.2) is 4.98 Å². The maximum absolute atomic E-state index is 10.9. The van der Waals surface area contributed by atoms with Gasteiger partial charge in [0.25, 0.3) is 5.89 Å².